The van der Waals surface area contributed by atoms with Crippen molar-refractivity contribution in [1.82, 2.24) is 5.32 Å². The van der Waals surface area contributed by atoms with Crippen molar-refractivity contribution in [1.29, 1.82) is 0 Å². The first-order chi connectivity index (χ1) is 17.8. The highest BCUT2D eigenvalue weighted by atomic mass is 35.5. The monoisotopic (exact) mass is 564 g/mol. The molecule has 1 saturated carbocycles. The Hall–Kier alpha value is -2.06. The molecule has 3 N–H and O–H groups in total. The van der Waals surface area contributed by atoms with Gasteiger partial charge in [-0.1, -0.05) is 56.1 Å². The second-order valence-corrected chi connectivity index (χ2v) is 13.0. The number of carbonyl (C=O) groups is 2. The lowest BCUT2D eigenvalue weighted by atomic mass is 9.62. The van der Waals surface area contributed by atoms with Crippen molar-refractivity contribution in [3.8, 4) is 0 Å². The van der Waals surface area contributed by atoms with Gasteiger partial charge in [0, 0.05) is 24.1 Å². The van der Waals surface area contributed by atoms with Crippen LogP contribution in [0.2, 0.25) is 10.0 Å². The second kappa shape index (κ2) is 9.84. The molecule has 1 saturated heterocycles. The average molecular weight is 565 g/mol. The van der Waals surface area contributed by atoms with Crippen molar-refractivity contribution in [3.63, 3.8) is 0 Å². The number of Topliss-reactive ketones (excluding diaryl/α,β-unsaturated/α-hetero) is 1. The SMILES string of the molecule is CC(C)(C)C[C@H]1N[C@@H](C(=O)CC2CC[C@H](O)C2)[C@H](c2cccc(Cl)c2F)[C@@]12C(=O)Nc1cc(Cl)c(F)cc12. The zero-order valence-electron chi connectivity index (χ0n) is 21.6. The number of hydrogen-bond donors (Lipinski definition) is 3. The van der Waals surface area contributed by atoms with E-state index in [1.54, 1.807) is 12.1 Å². The van der Waals surface area contributed by atoms with Crippen LogP contribution < -0.4 is 10.6 Å². The Morgan fingerprint density at radius 2 is 1.89 bits per heavy atom. The minimum atomic E-state index is -1.49. The van der Waals surface area contributed by atoms with Crippen molar-refractivity contribution in [2.75, 3.05) is 5.32 Å². The van der Waals surface area contributed by atoms with Crippen LogP contribution in [0.25, 0.3) is 0 Å². The standard InChI is InChI=1S/C29H32Cl2F2N2O3/c1-28(2,3)13-23-29(17-11-20(32)19(31)12-21(17)34-27(29)38)24(16-5-4-6-18(30)25(16)33)26(35-23)22(37)10-14-7-8-15(36)9-14/h4-6,11-12,14-15,23-24,26,35-36H,7-10,13H2,1-3H3,(H,34,38)/t14?,15-,23+,24-,26-,29-/m0/s1. The summed E-state index contributed by atoms with van der Waals surface area (Å²) in [5.74, 6) is -3.00. The topological polar surface area (TPSA) is 78.4 Å². The molecule has 1 aliphatic carbocycles. The lowest BCUT2D eigenvalue weighted by Crippen LogP contribution is -2.49. The summed E-state index contributed by atoms with van der Waals surface area (Å²) in [5, 5.41) is 16.0. The number of ketones is 1. The molecule has 9 heteroatoms. The third kappa shape index (κ3) is 4.55. The van der Waals surface area contributed by atoms with Gasteiger partial charge in [-0.2, -0.15) is 0 Å². The summed E-state index contributed by atoms with van der Waals surface area (Å²) in [5.41, 5.74) is -0.952. The number of rotatable bonds is 5. The highest BCUT2D eigenvalue weighted by molar-refractivity contribution is 6.31. The van der Waals surface area contributed by atoms with E-state index in [-0.39, 0.29) is 39.1 Å². The van der Waals surface area contributed by atoms with Gasteiger partial charge in [0.15, 0.2) is 5.78 Å². The molecule has 2 aromatic carbocycles. The molecule has 0 radical (unpaired) electrons. The number of amides is 1. The van der Waals surface area contributed by atoms with Crippen LogP contribution in [-0.4, -0.2) is 35.0 Å². The maximum atomic E-state index is 15.8. The second-order valence-electron chi connectivity index (χ2n) is 12.2. The van der Waals surface area contributed by atoms with Gasteiger partial charge in [-0.25, -0.2) is 8.78 Å². The molecular weight excluding hydrogens is 533 g/mol. The first kappa shape index (κ1) is 27.5. The van der Waals surface area contributed by atoms with Crippen LogP contribution in [0.1, 0.15) is 69.9 Å². The van der Waals surface area contributed by atoms with Crippen LogP contribution >= 0.6 is 23.2 Å². The van der Waals surface area contributed by atoms with Gasteiger partial charge < -0.3 is 15.7 Å². The lowest BCUT2D eigenvalue weighted by molar-refractivity contribution is -0.123. The normalized spacial score (nSPS) is 30.6. The number of hydrogen-bond acceptors (Lipinski definition) is 4. The Morgan fingerprint density at radius 3 is 2.55 bits per heavy atom. The van der Waals surface area contributed by atoms with E-state index in [1.807, 2.05) is 20.8 Å². The largest absolute Gasteiger partial charge is 0.393 e. The number of aliphatic hydroxyl groups excluding tert-OH is 1. The van der Waals surface area contributed by atoms with Gasteiger partial charge in [-0.05, 0) is 66.3 Å². The minimum Gasteiger partial charge on any atom is -0.393 e. The summed E-state index contributed by atoms with van der Waals surface area (Å²) >= 11 is 12.3. The van der Waals surface area contributed by atoms with Crippen molar-refractivity contribution in [3.05, 3.63) is 63.1 Å². The molecule has 6 atom stereocenters. The van der Waals surface area contributed by atoms with Gasteiger partial charge in [-0.15, -0.1) is 0 Å². The molecule has 38 heavy (non-hydrogen) atoms. The predicted octanol–water partition coefficient (Wildman–Crippen LogP) is 6.14. The predicted molar refractivity (Wildman–Crippen MR) is 144 cm³/mol. The molecule has 204 valence electrons. The first-order valence-electron chi connectivity index (χ1n) is 13.0. The van der Waals surface area contributed by atoms with Gasteiger partial charge in [-0.3, -0.25) is 9.59 Å². The van der Waals surface area contributed by atoms with Gasteiger partial charge in [0.25, 0.3) is 0 Å². The summed E-state index contributed by atoms with van der Waals surface area (Å²) < 4.78 is 30.7. The molecule has 1 unspecified atom stereocenters. The molecule has 0 aromatic heterocycles. The molecule has 2 heterocycles. The Kier molecular flexibility index (Phi) is 7.13. The number of aliphatic hydroxyl groups is 1. The van der Waals surface area contributed by atoms with E-state index in [9.17, 15) is 19.1 Å². The van der Waals surface area contributed by atoms with Crippen LogP contribution in [0, 0.1) is 23.0 Å². The van der Waals surface area contributed by atoms with Gasteiger partial charge in [0.1, 0.15) is 17.0 Å². The molecule has 2 aliphatic heterocycles. The number of nitrogens with one attached hydrogen (secondary N) is 2. The van der Waals surface area contributed by atoms with Crippen LogP contribution in [0.3, 0.4) is 0 Å². The molecule has 5 rings (SSSR count). The summed E-state index contributed by atoms with van der Waals surface area (Å²) in [6.07, 6.45) is 2.08. The third-order valence-corrected chi connectivity index (χ3v) is 8.95. The molecule has 1 spiro atoms. The van der Waals surface area contributed by atoms with E-state index in [0.717, 1.165) is 6.42 Å². The van der Waals surface area contributed by atoms with Crippen molar-refractivity contribution < 1.29 is 23.5 Å². The Balaban J connectivity index is 1.72. The highest BCUT2D eigenvalue weighted by Crippen LogP contribution is 2.57. The van der Waals surface area contributed by atoms with Gasteiger partial charge in [0.05, 0.1) is 22.2 Å². The Labute approximate surface area is 231 Å². The Bertz CT molecular complexity index is 1300. The molecule has 5 nitrogen and oxygen atoms in total. The average Bonchev–Trinajstić information content (AvgIpc) is 3.46. The molecule has 2 fully saturated rings. The maximum Gasteiger partial charge on any atom is 0.237 e. The van der Waals surface area contributed by atoms with Gasteiger partial charge in [0.2, 0.25) is 5.91 Å². The van der Waals surface area contributed by atoms with E-state index in [4.69, 9.17) is 23.2 Å². The van der Waals surface area contributed by atoms with E-state index in [2.05, 4.69) is 10.6 Å². The molecule has 0 bridgehead atoms. The lowest BCUT2D eigenvalue weighted by Gasteiger charge is -2.37. The van der Waals surface area contributed by atoms with E-state index in [0.29, 0.717) is 30.5 Å². The third-order valence-electron chi connectivity index (χ3n) is 8.37. The van der Waals surface area contributed by atoms with Crippen LogP contribution in [0.4, 0.5) is 14.5 Å². The minimum absolute atomic E-state index is 0.00252. The fraction of sp³-hybridized carbons (Fsp3) is 0.517. The quantitative estimate of drug-likeness (QED) is 0.407. The fourth-order valence-electron chi connectivity index (χ4n) is 6.86. The fourth-order valence-corrected chi connectivity index (χ4v) is 7.21. The van der Waals surface area contributed by atoms with Crippen LogP contribution in [0.15, 0.2) is 30.3 Å². The Morgan fingerprint density at radius 1 is 1.16 bits per heavy atom. The van der Waals surface area contributed by atoms with E-state index in [1.165, 1.54) is 18.2 Å². The molecular formula is C29H32Cl2F2N2O3. The number of benzene rings is 2. The maximum absolute atomic E-state index is 15.8. The smallest absolute Gasteiger partial charge is 0.237 e. The highest BCUT2D eigenvalue weighted by Gasteiger charge is 2.66. The molecule has 3 aliphatic rings. The first-order valence-corrected chi connectivity index (χ1v) is 13.8. The van der Waals surface area contributed by atoms with Gasteiger partial charge >= 0.3 is 0 Å². The van der Waals surface area contributed by atoms with Crippen molar-refractivity contribution in [2.24, 2.45) is 11.3 Å². The number of halogens is 4. The number of carbonyl (C=O) groups excluding carboxylic acids is 2. The summed E-state index contributed by atoms with van der Waals surface area (Å²) in [4.78, 5) is 28.0. The van der Waals surface area contributed by atoms with Crippen LogP contribution in [0.5, 0.6) is 0 Å². The molecule has 2 aromatic rings. The van der Waals surface area contributed by atoms with E-state index < -0.39 is 47.1 Å². The van der Waals surface area contributed by atoms with E-state index >= 15 is 4.39 Å². The summed E-state index contributed by atoms with van der Waals surface area (Å²) in [7, 11) is 0. The summed E-state index contributed by atoms with van der Waals surface area (Å²) in [6.45, 7) is 6.05. The summed E-state index contributed by atoms with van der Waals surface area (Å²) in [6, 6.07) is 5.62. The zero-order chi connectivity index (χ0) is 27.6. The number of anilines is 1. The van der Waals surface area contributed by atoms with Crippen molar-refractivity contribution >= 4 is 40.6 Å². The van der Waals surface area contributed by atoms with Crippen LogP contribution in [-0.2, 0) is 15.0 Å². The van der Waals surface area contributed by atoms with Crippen molar-refractivity contribution in [2.45, 2.75) is 82.4 Å². The zero-order valence-corrected chi connectivity index (χ0v) is 23.1. The number of fused-ring (bicyclic) bond motifs is 2. The molecule has 1 amide bonds.